The molecule has 35 heavy (non-hydrogen) atoms. The summed E-state index contributed by atoms with van der Waals surface area (Å²) in [5, 5.41) is 0. The highest BCUT2D eigenvalue weighted by molar-refractivity contribution is 7.89. The third-order valence-electron chi connectivity index (χ3n) is 6.30. The molecule has 0 saturated carbocycles. The van der Waals surface area contributed by atoms with E-state index in [0.717, 1.165) is 5.69 Å². The molecule has 0 unspecified atom stereocenters. The smallest absolute Gasteiger partial charge is 0.274 e. The van der Waals surface area contributed by atoms with Crippen molar-refractivity contribution in [1.82, 2.24) is 18.8 Å². The minimum atomic E-state index is -3.57. The lowest BCUT2D eigenvalue weighted by atomic mass is 10.2. The van der Waals surface area contributed by atoms with Crippen molar-refractivity contribution in [2.24, 2.45) is 0 Å². The van der Waals surface area contributed by atoms with Crippen LogP contribution in [0.3, 0.4) is 0 Å². The molecule has 2 aromatic carbocycles. The minimum absolute atomic E-state index is 0.158. The van der Waals surface area contributed by atoms with Crippen molar-refractivity contribution in [2.75, 3.05) is 57.4 Å². The zero-order valence-electron chi connectivity index (χ0n) is 19.1. The summed E-state index contributed by atoms with van der Waals surface area (Å²) < 4.78 is 47.2. The molecule has 184 valence electrons. The van der Waals surface area contributed by atoms with Crippen LogP contribution in [0.15, 0.2) is 66.0 Å². The van der Waals surface area contributed by atoms with Crippen LogP contribution < -0.4 is 4.90 Å². The molecule has 9 nitrogen and oxygen atoms in total. The molecule has 5 rings (SSSR count). The van der Waals surface area contributed by atoms with Crippen LogP contribution in [0.5, 0.6) is 0 Å². The van der Waals surface area contributed by atoms with E-state index in [4.69, 9.17) is 4.74 Å². The zero-order valence-corrected chi connectivity index (χ0v) is 19.9. The Kier molecular flexibility index (Phi) is 6.54. The average molecular weight is 500 g/mol. The molecule has 2 saturated heterocycles. The van der Waals surface area contributed by atoms with Gasteiger partial charge in [0.1, 0.15) is 17.8 Å². The number of imidazole rings is 1. The van der Waals surface area contributed by atoms with E-state index >= 15 is 0 Å². The van der Waals surface area contributed by atoms with Crippen molar-refractivity contribution >= 4 is 21.6 Å². The first-order valence-electron chi connectivity index (χ1n) is 11.4. The SMILES string of the molecule is O=C(c1cn(-c2ccc(S(=O)(=O)N3CCOCC3)cc2)cn1)N1CCN(c2ccc(F)cc2)CC1. The largest absolute Gasteiger partial charge is 0.379 e. The van der Waals surface area contributed by atoms with Crippen LogP contribution in [0.1, 0.15) is 10.5 Å². The predicted molar refractivity (Wildman–Crippen MR) is 128 cm³/mol. The number of sulfonamides is 1. The van der Waals surface area contributed by atoms with Gasteiger partial charge in [-0.3, -0.25) is 4.79 Å². The Morgan fingerprint density at radius 1 is 0.857 bits per heavy atom. The molecule has 11 heteroatoms. The van der Waals surface area contributed by atoms with Crippen molar-refractivity contribution in [2.45, 2.75) is 4.90 Å². The molecule has 0 N–H and O–H groups in total. The molecule has 0 radical (unpaired) electrons. The number of anilines is 1. The summed E-state index contributed by atoms with van der Waals surface area (Å²) in [6.07, 6.45) is 3.20. The number of carbonyl (C=O) groups is 1. The molecule has 0 spiro atoms. The summed E-state index contributed by atoms with van der Waals surface area (Å²) in [6, 6.07) is 12.9. The van der Waals surface area contributed by atoms with Gasteiger partial charge in [-0.05, 0) is 48.5 Å². The quantitative estimate of drug-likeness (QED) is 0.534. The van der Waals surface area contributed by atoms with Gasteiger partial charge in [-0.15, -0.1) is 0 Å². The fourth-order valence-electron chi connectivity index (χ4n) is 4.28. The van der Waals surface area contributed by atoms with Crippen molar-refractivity contribution in [1.29, 1.82) is 0 Å². The van der Waals surface area contributed by atoms with Crippen molar-refractivity contribution in [3.8, 4) is 5.69 Å². The van der Waals surface area contributed by atoms with Crippen LogP contribution in [-0.2, 0) is 14.8 Å². The molecule has 1 amide bonds. The lowest BCUT2D eigenvalue weighted by Gasteiger charge is -2.35. The maximum atomic E-state index is 13.2. The van der Waals surface area contributed by atoms with Gasteiger partial charge < -0.3 is 19.1 Å². The molecule has 2 aliphatic heterocycles. The Balaban J connectivity index is 1.23. The van der Waals surface area contributed by atoms with Crippen molar-refractivity contribution in [3.63, 3.8) is 0 Å². The van der Waals surface area contributed by atoms with Crippen molar-refractivity contribution in [3.05, 3.63) is 72.6 Å². The van der Waals surface area contributed by atoms with Gasteiger partial charge in [0, 0.05) is 56.8 Å². The van der Waals surface area contributed by atoms with Crippen LogP contribution >= 0.6 is 0 Å². The van der Waals surface area contributed by atoms with E-state index in [2.05, 4.69) is 9.88 Å². The van der Waals surface area contributed by atoms with Gasteiger partial charge in [0.2, 0.25) is 10.0 Å². The van der Waals surface area contributed by atoms with E-state index in [9.17, 15) is 17.6 Å². The molecular weight excluding hydrogens is 473 g/mol. The third kappa shape index (κ3) is 4.93. The number of morpholine rings is 1. The number of amides is 1. The predicted octanol–water partition coefficient (Wildman–Crippen LogP) is 1.99. The van der Waals surface area contributed by atoms with E-state index in [0.29, 0.717) is 63.9 Å². The summed E-state index contributed by atoms with van der Waals surface area (Å²) in [6.45, 7) is 3.85. The molecule has 0 aliphatic carbocycles. The second-order valence-electron chi connectivity index (χ2n) is 8.43. The van der Waals surface area contributed by atoms with Gasteiger partial charge >= 0.3 is 0 Å². The van der Waals surface area contributed by atoms with Crippen molar-refractivity contribution < 1.29 is 22.3 Å². The van der Waals surface area contributed by atoms with Crippen LogP contribution in [-0.4, -0.2) is 85.6 Å². The number of rotatable bonds is 5. The average Bonchev–Trinajstić information content (AvgIpc) is 3.40. The van der Waals surface area contributed by atoms with E-state index in [-0.39, 0.29) is 16.6 Å². The molecule has 0 atom stereocenters. The van der Waals surface area contributed by atoms with Gasteiger partial charge in [-0.1, -0.05) is 0 Å². The summed E-state index contributed by atoms with van der Waals surface area (Å²) in [5.41, 5.74) is 1.96. The fraction of sp³-hybridized carbons (Fsp3) is 0.333. The number of ether oxygens (including phenoxy) is 1. The zero-order chi connectivity index (χ0) is 24.4. The van der Waals surface area contributed by atoms with Gasteiger partial charge in [0.15, 0.2) is 0 Å². The molecular formula is C24H26FN5O4S. The molecule has 1 aromatic heterocycles. The van der Waals surface area contributed by atoms with Crippen LogP contribution in [0.25, 0.3) is 5.69 Å². The Bertz CT molecular complexity index is 1280. The lowest BCUT2D eigenvalue weighted by Crippen LogP contribution is -2.48. The van der Waals surface area contributed by atoms with Gasteiger partial charge in [-0.25, -0.2) is 17.8 Å². The Labute approximate surface area is 203 Å². The first kappa shape index (κ1) is 23.5. The standard InChI is InChI=1S/C24H26FN5O4S/c25-19-1-3-20(4-2-19)27-9-11-28(12-10-27)24(31)23-17-29(18-26-23)21-5-7-22(8-6-21)35(32,33)30-13-15-34-16-14-30/h1-8,17-18H,9-16H2. The second-order valence-corrected chi connectivity index (χ2v) is 10.4. The van der Waals surface area contributed by atoms with E-state index in [1.54, 1.807) is 58.4 Å². The number of carbonyl (C=O) groups excluding carboxylic acids is 1. The Hall–Kier alpha value is -3.28. The first-order chi connectivity index (χ1) is 16.9. The van der Waals surface area contributed by atoms with Gasteiger partial charge in [-0.2, -0.15) is 4.31 Å². The maximum Gasteiger partial charge on any atom is 0.274 e. The second kappa shape index (κ2) is 9.76. The number of hydrogen-bond donors (Lipinski definition) is 0. The normalized spacial score (nSPS) is 17.5. The Morgan fingerprint density at radius 3 is 2.14 bits per heavy atom. The fourth-order valence-corrected chi connectivity index (χ4v) is 5.69. The van der Waals surface area contributed by atoms with Crippen LogP contribution in [0, 0.1) is 5.82 Å². The number of nitrogens with zero attached hydrogens (tertiary/aromatic N) is 5. The van der Waals surface area contributed by atoms with Gasteiger partial charge in [0.25, 0.3) is 5.91 Å². The molecule has 2 aliphatic rings. The van der Waals surface area contributed by atoms with E-state index < -0.39 is 10.0 Å². The van der Waals surface area contributed by atoms with Crippen LogP contribution in [0.2, 0.25) is 0 Å². The number of benzene rings is 2. The Morgan fingerprint density at radius 2 is 1.49 bits per heavy atom. The highest BCUT2D eigenvalue weighted by Gasteiger charge is 2.27. The highest BCUT2D eigenvalue weighted by atomic mass is 32.2. The summed E-state index contributed by atoms with van der Waals surface area (Å²) >= 11 is 0. The maximum absolute atomic E-state index is 13.2. The topological polar surface area (TPSA) is 88.0 Å². The number of aromatic nitrogens is 2. The number of halogens is 1. The highest BCUT2D eigenvalue weighted by Crippen LogP contribution is 2.21. The summed E-state index contributed by atoms with van der Waals surface area (Å²) in [4.78, 5) is 21.4. The number of hydrogen-bond acceptors (Lipinski definition) is 6. The van der Waals surface area contributed by atoms with Gasteiger partial charge in [0.05, 0.1) is 18.1 Å². The minimum Gasteiger partial charge on any atom is -0.379 e. The molecule has 3 aromatic rings. The lowest BCUT2D eigenvalue weighted by molar-refractivity contribution is 0.0730. The van der Waals surface area contributed by atoms with E-state index in [1.165, 1.54) is 16.4 Å². The molecule has 2 fully saturated rings. The third-order valence-corrected chi connectivity index (χ3v) is 8.22. The summed E-state index contributed by atoms with van der Waals surface area (Å²) in [5.74, 6) is -0.430. The molecule has 0 bridgehead atoms. The number of piperazine rings is 1. The van der Waals surface area contributed by atoms with Crippen LogP contribution in [0.4, 0.5) is 10.1 Å². The van der Waals surface area contributed by atoms with E-state index in [1.807, 2.05) is 0 Å². The first-order valence-corrected chi connectivity index (χ1v) is 12.9. The molecule has 3 heterocycles. The summed E-state index contributed by atoms with van der Waals surface area (Å²) in [7, 11) is -3.57. The monoisotopic (exact) mass is 499 g/mol.